The lowest BCUT2D eigenvalue weighted by molar-refractivity contribution is -0.140. The van der Waals surface area contributed by atoms with Crippen molar-refractivity contribution in [1.82, 2.24) is 10.2 Å². The van der Waals surface area contributed by atoms with Gasteiger partial charge < -0.3 is 10.2 Å². The van der Waals surface area contributed by atoms with Gasteiger partial charge in [-0.05, 0) is 54.7 Å². The van der Waals surface area contributed by atoms with Crippen LogP contribution < -0.4 is 5.32 Å². The van der Waals surface area contributed by atoms with E-state index in [1.165, 1.54) is 5.56 Å². The maximum Gasteiger partial charge on any atom is 0.242 e. The van der Waals surface area contributed by atoms with Crippen LogP contribution in [-0.4, -0.2) is 29.8 Å². The molecule has 150 valence electrons. The molecule has 2 rings (SSSR count). The highest BCUT2D eigenvalue weighted by Gasteiger charge is 2.28. The first-order valence-electron chi connectivity index (χ1n) is 9.28. The van der Waals surface area contributed by atoms with Gasteiger partial charge in [0.2, 0.25) is 11.8 Å². The highest BCUT2D eigenvalue weighted by Crippen LogP contribution is 2.24. The largest absolute Gasteiger partial charge is 0.357 e. The predicted molar refractivity (Wildman–Crippen MR) is 115 cm³/mol. The third-order valence-electron chi connectivity index (χ3n) is 4.91. The quantitative estimate of drug-likeness (QED) is 0.704. The summed E-state index contributed by atoms with van der Waals surface area (Å²) in [6.07, 6.45) is 0.726. The molecule has 0 aliphatic carbocycles. The van der Waals surface area contributed by atoms with Gasteiger partial charge in [0, 0.05) is 23.6 Å². The molecule has 0 spiro atoms. The Hall–Kier alpha value is -2.04. The first-order chi connectivity index (χ1) is 13.3. The molecule has 2 aromatic rings. The van der Waals surface area contributed by atoms with E-state index in [0.29, 0.717) is 16.5 Å². The lowest BCUT2D eigenvalue weighted by atomic mass is 10.0. The monoisotopic (exact) mass is 420 g/mol. The molecule has 2 amide bonds. The van der Waals surface area contributed by atoms with Gasteiger partial charge in [-0.15, -0.1) is 0 Å². The van der Waals surface area contributed by atoms with E-state index in [2.05, 4.69) is 5.32 Å². The molecule has 0 aromatic heterocycles. The van der Waals surface area contributed by atoms with Crippen molar-refractivity contribution in [2.24, 2.45) is 0 Å². The summed E-state index contributed by atoms with van der Waals surface area (Å²) in [6.45, 7) is 6.19. The predicted octanol–water partition coefficient (Wildman–Crippen LogP) is 4.71. The van der Waals surface area contributed by atoms with Gasteiger partial charge in [-0.3, -0.25) is 9.59 Å². The van der Waals surface area contributed by atoms with Gasteiger partial charge in [0.15, 0.2) is 0 Å². The van der Waals surface area contributed by atoms with Crippen LogP contribution in [0.4, 0.5) is 0 Å². The van der Waals surface area contributed by atoms with E-state index >= 15 is 0 Å². The summed E-state index contributed by atoms with van der Waals surface area (Å²) >= 11 is 12.3. The SMILES string of the molecule is CC[C@@H](C(=O)NC)N(Cc1ccc(Cl)cc1Cl)C(=O)Cc1ccc(C)c(C)c1. The fourth-order valence-corrected chi connectivity index (χ4v) is 3.58. The second-order valence-corrected chi connectivity index (χ2v) is 7.73. The van der Waals surface area contributed by atoms with Gasteiger partial charge in [-0.2, -0.15) is 0 Å². The lowest BCUT2D eigenvalue weighted by Crippen LogP contribution is -2.48. The maximum atomic E-state index is 13.2. The van der Waals surface area contributed by atoms with Crippen LogP contribution in [0.5, 0.6) is 0 Å². The molecule has 4 nitrogen and oxygen atoms in total. The summed E-state index contributed by atoms with van der Waals surface area (Å²) in [5.74, 6) is -0.314. The Labute approximate surface area is 176 Å². The Morgan fingerprint density at radius 3 is 2.36 bits per heavy atom. The summed E-state index contributed by atoms with van der Waals surface area (Å²) < 4.78 is 0. The van der Waals surface area contributed by atoms with Gasteiger partial charge >= 0.3 is 0 Å². The van der Waals surface area contributed by atoms with Crippen LogP contribution in [0.3, 0.4) is 0 Å². The zero-order valence-electron chi connectivity index (χ0n) is 16.7. The Bertz CT molecular complexity index is 868. The van der Waals surface area contributed by atoms with Crippen molar-refractivity contribution in [2.45, 2.75) is 46.2 Å². The molecule has 0 fully saturated rings. The summed E-state index contributed by atoms with van der Waals surface area (Å²) in [5.41, 5.74) is 3.99. The van der Waals surface area contributed by atoms with Crippen molar-refractivity contribution in [3.8, 4) is 0 Å². The van der Waals surface area contributed by atoms with Gasteiger partial charge in [-0.25, -0.2) is 0 Å². The minimum absolute atomic E-state index is 0.121. The number of nitrogens with one attached hydrogen (secondary N) is 1. The van der Waals surface area contributed by atoms with Crippen molar-refractivity contribution >= 4 is 35.0 Å². The van der Waals surface area contributed by atoms with Crippen LogP contribution in [0.2, 0.25) is 10.0 Å². The lowest BCUT2D eigenvalue weighted by Gasteiger charge is -2.30. The molecular weight excluding hydrogens is 395 g/mol. The number of aryl methyl sites for hydroxylation is 2. The van der Waals surface area contributed by atoms with Crippen LogP contribution in [0.1, 0.15) is 35.6 Å². The number of benzene rings is 2. The number of hydrogen-bond acceptors (Lipinski definition) is 2. The highest BCUT2D eigenvalue weighted by molar-refractivity contribution is 6.35. The Morgan fingerprint density at radius 1 is 1.07 bits per heavy atom. The average molecular weight is 421 g/mol. The second kappa shape index (κ2) is 9.94. The fraction of sp³-hybridized carbons (Fsp3) is 0.364. The summed E-state index contributed by atoms with van der Waals surface area (Å²) in [4.78, 5) is 27.2. The van der Waals surface area contributed by atoms with Crippen LogP contribution in [0, 0.1) is 13.8 Å². The number of carbonyl (C=O) groups excluding carboxylic acids is 2. The van der Waals surface area contributed by atoms with Gasteiger partial charge in [0.1, 0.15) is 6.04 Å². The molecule has 0 heterocycles. The number of nitrogens with zero attached hydrogens (tertiary/aromatic N) is 1. The van der Waals surface area contributed by atoms with Gasteiger partial charge in [0.25, 0.3) is 0 Å². The van der Waals surface area contributed by atoms with Crippen molar-refractivity contribution in [3.05, 3.63) is 68.7 Å². The summed E-state index contributed by atoms with van der Waals surface area (Å²) in [7, 11) is 1.58. The minimum atomic E-state index is -0.573. The van der Waals surface area contributed by atoms with Gasteiger partial charge in [-0.1, -0.05) is 54.4 Å². The van der Waals surface area contributed by atoms with Crippen molar-refractivity contribution in [1.29, 1.82) is 0 Å². The Morgan fingerprint density at radius 2 is 1.79 bits per heavy atom. The number of hydrogen-bond donors (Lipinski definition) is 1. The number of likely N-dealkylation sites (N-methyl/N-ethyl adjacent to an activating group) is 1. The normalized spacial score (nSPS) is 11.8. The highest BCUT2D eigenvalue weighted by atomic mass is 35.5. The van der Waals surface area contributed by atoms with E-state index in [1.54, 1.807) is 30.1 Å². The zero-order chi connectivity index (χ0) is 20.8. The van der Waals surface area contributed by atoms with Crippen LogP contribution >= 0.6 is 23.2 Å². The number of carbonyl (C=O) groups is 2. The molecule has 0 bridgehead atoms. The number of halogens is 2. The molecule has 1 N–H and O–H groups in total. The molecule has 28 heavy (non-hydrogen) atoms. The van der Waals surface area contributed by atoms with E-state index in [4.69, 9.17) is 23.2 Å². The fourth-order valence-electron chi connectivity index (χ4n) is 3.11. The molecule has 6 heteroatoms. The van der Waals surface area contributed by atoms with E-state index < -0.39 is 6.04 Å². The van der Waals surface area contributed by atoms with E-state index in [0.717, 1.165) is 16.7 Å². The molecule has 0 saturated carbocycles. The first-order valence-corrected chi connectivity index (χ1v) is 10.0. The van der Waals surface area contributed by atoms with Gasteiger partial charge in [0.05, 0.1) is 6.42 Å². The molecule has 0 unspecified atom stereocenters. The van der Waals surface area contributed by atoms with Crippen molar-refractivity contribution in [2.75, 3.05) is 7.05 Å². The van der Waals surface area contributed by atoms with Crippen LogP contribution in [0.15, 0.2) is 36.4 Å². The van der Waals surface area contributed by atoms with E-state index in [9.17, 15) is 9.59 Å². The second-order valence-electron chi connectivity index (χ2n) is 6.89. The zero-order valence-corrected chi connectivity index (χ0v) is 18.2. The Balaban J connectivity index is 2.34. The molecule has 0 aliphatic heterocycles. The van der Waals surface area contributed by atoms with E-state index in [1.807, 2.05) is 39.0 Å². The van der Waals surface area contributed by atoms with Crippen molar-refractivity contribution < 1.29 is 9.59 Å². The maximum absolute atomic E-state index is 13.2. The minimum Gasteiger partial charge on any atom is -0.357 e. The van der Waals surface area contributed by atoms with Crippen LogP contribution in [0.25, 0.3) is 0 Å². The topological polar surface area (TPSA) is 49.4 Å². The van der Waals surface area contributed by atoms with E-state index in [-0.39, 0.29) is 24.8 Å². The number of rotatable bonds is 7. The standard InChI is InChI=1S/C22H26Cl2N2O2/c1-5-20(22(28)25-4)26(13-17-8-9-18(23)12-19(17)24)21(27)11-16-7-6-14(2)15(3)10-16/h6-10,12,20H,5,11,13H2,1-4H3,(H,25,28)/t20-/m0/s1. The molecule has 0 aliphatic rings. The molecular formula is C22H26Cl2N2O2. The third kappa shape index (κ3) is 5.49. The smallest absolute Gasteiger partial charge is 0.242 e. The number of amides is 2. The van der Waals surface area contributed by atoms with Crippen molar-refractivity contribution in [3.63, 3.8) is 0 Å². The van der Waals surface area contributed by atoms with Crippen LogP contribution in [-0.2, 0) is 22.6 Å². The first kappa shape index (κ1) is 22.3. The average Bonchev–Trinajstić information content (AvgIpc) is 2.65. The third-order valence-corrected chi connectivity index (χ3v) is 5.50. The molecule has 1 atom stereocenters. The molecule has 0 saturated heterocycles. The Kier molecular flexibility index (Phi) is 7.90. The molecule has 0 radical (unpaired) electrons. The summed E-state index contributed by atoms with van der Waals surface area (Å²) in [6, 6.07) is 10.6. The molecule has 2 aromatic carbocycles. The summed E-state index contributed by atoms with van der Waals surface area (Å²) in [5, 5.41) is 3.66.